The topological polar surface area (TPSA) is 44.5 Å². The minimum absolute atomic E-state index is 0.00102. The fourth-order valence-electron chi connectivity index (χ4n) is 11.3. The molecule has 0 spiro atoms. The molecule has 5 nitrogen and oxygen atoms in total. The van der Waals surface area contributed by atoms with Gasteiger partial charge in [-0.3, -0.25) is 9.20 Å². The van der Waals surface area contributed by atoms with Crippen LogP contribution in [0.3, 0.4) is 0 Å². The van der Waals surface area contributed by atoms with Gasteiger partial charge in [0.05, 0.1) is 33.1 Å². The van der Waals surface area contributed by atoms with Crippen molar-refractivity contribution >= 4 is 104 Å². The molecular weight excluding hydrogens is 807 g/mol. The number of pyridine rings is 1. The summed E-state index contributed by atoms with van der Waals surface area (Å²) in [5.74, 6) is 0. The molecule has 0 bridgehead atoms. The molecule has 0 saturated carbocycles. The summed E-state index contributed by atoms with van der Waals surface area (Å²) in [5, 5.41) is 11.8. The van der Waals surface area contributed by atoms with Gasteiger partial charge in [-0.05, 0) is 119 Å². The summed E-state index contributed by atoms with van der Waals surface area (Å²) in [6.45, 7) is 0. The van der Waals surface area contributed by atoms with Crippen molar-refractivity contribution in [1.82, 2.24) is 13.5 Å². The van der Waals surface area contributed by atoms with E-state index in [0.717, 1.165) is 105 Å². The van der Waals surface area contributed by atoms with Gasteiger partial charge >= 0.3 is 0 Å². The van der Waals surface area contributed by atoms with Crippen LogP contribution in [-0.2, 0) is 0 Å². The van der Waals surface area contributed by atoms with Gasteiger partial charge in [0.15, 0.2) is 0 Å². The minimum atomic E-state index is 0.00102. The lowest BCUT2D eigenvalue weighted by Gasteiger charge is -2.11. The Balaban J connectivity index is 1.01. The van der Waals surface area contributed by atoms with Gasteiger partial charge in [-0.15, -0.1) is 0 Å². The monoisotopic (exact) mass is 841 g/mol. The zero-order valence-corrected chi connectivity index (χ0v) is 35.4. The SMILES string of the molecule is O=c1c2ccccc2c2cc(-c3cccc4oc5ccc(-n6c7ccccc7c7cc8c9ccccc9n(-c9ccccc9)c8cc76)cc5c34)cc3c4cc(-c5ccccc5)ccc4n1c23. The van der Waals surface area contributed by atoms with Gasteiger partial charge in [-0.2, -0.15) is 0 Å². The minimum Gasteiger partial charge on any atom is -0.456 e. The second-order valence-electron chi connectivity index (χ2n) is 17.6. The van der Waals surface area contributed by atoms with Crippen molar-refractivity contribution < 1.29 is 4.42 Å². The Morgan fingerprint density at radius 2 is 0.924 bits per heavy atom. The van der Waals surface area contributed by atoms with E-state index in [1.54, 1.807) is 0 Å². The van der Waals surface area contributed by atoms with E-state index < -0.39 is 0 Å². The average Bonchev–Trinajstić information content (AvgIpc) is 4.11. The highest BCUT2D eigenvalue weighted by Gasteiger charge is 2.23. The van der Waals surface area contributed by atoms with Crippen LogP contribution >= 0.6 is 0 Å². The van der Waals surface area contributed by atoms with Crippen molar-refractivity contribution in [2.45, 2.75) is 0 Å². The summed E-state index contributed by atoms with van der Waals surface area (Å²) < 4.78 is 13.5. The van der Waals surface area contributed by atoms with E-state index in [0.29, 0.717) is 5.39 Å². The fraction of sp³-hybridized carbons (Fsp3) is 0. The Labute approximate surface area is 376 Å². The van der Waals surface area contributed by atoms with Crippen LogP contribution in [0.4, 0.5) is 0 Å². The first-order valence-corrected chi connectivity index (χ1v) is 22.5. The lowest BCUT2D eigenvalue weighted by atomic mass is 9.94. The number of furan rings is 1. The number of benzene rings is 10. The van der Waals surface area contributed by atoms with Crippen LogP contribution < -0.4 is 5.56 Å². The summed E-state index contributed by atoms with van der Waals surface area (Å²) >= 11 is 0. The van der Waals surface area contributed by atoms with E-state index in [1.165, 1.54) is 27.1 Å². The number of hydrogen-bond donors (Lipinski definition) is 0. The Hall–Kier alpha value is -8.93. The lowest BCUT2D eigenvalue weighted by molar-refractivity contribution is 0.669. The zero-order valence-electron chi connectivity index (χ0n) is 35.4. The molecule has 0 amide bonds. The highest BCUT2D eigenvalue weighted by atomic mass is 16.3. The maximum absolute atomic E-state index is 14.4. The normalized spacial score (nSPS) is 12.3. The van der Waals surface area contributed by atoms with Crippen molar-refractivity contribution in [1.29, 1.82) is 0 Å². The molecule has 5 heteroatoms. The highest BCUT2D eigenvalue weighted by molar-refractivity contribution is 6.24. The molecule has 15 aromatic rings. The van der Waals surface area contributed by atoms with E-state index in [2.05, 4.69) is 197 Å². The molecule has 5 heterocycles. The molecular formula is C61H35N3O2. The molecule has 0 unspecified atom stereocenters. The van der Waals surface area contributed by atoms with E-state index in [4.69, 9.17) is 4.42 Å². The Morgan fingerprint density at radius 1 is 0.318 bits per heavy atom. The van der Waals surface area contributed by atoms with Gasteiger partial charge in [-0.1, -0.05) is 121 Å². The molecule has 15 rings (SSSR count). The van der Waals surface area contributed by atoms with Crippen LogP contribution in [0.5, 0.6) is 0 Å². The number of fused-ring (bicyclic) bond motifs is 14. The summed E-state index contributed by atoms with van der Waals surface area (Å²) in [7, 11) is 0. The van der Waals surface area contributed by atoms with Crippen molar-refractivity contribution in [3.8, 4) is 33.6 Å². The maximum atomic E-state index is 14.4. The molecule has 0 radical (unpaired) electrons. The standard InChI is InChI=1S/C61H35N3O2/c65-61-45-21-8-7-18-42(45)49-31-38(32-50-46-30-37(36-14-3-1-4-15-36)26-28-54(46)64(61)60(49)50)41-22-13-25-58-59(41)51-33-40(27-29-57(51)66-58)63-53-24-12-10-20-44(53)48-34-47-43-19-9-11-23-52(43)62(55(47)35-56(48)63)39-16-5-2-6-17-39/h1-35H. The fourth-order valence-corrected chi connectivity index (χ4v) is 11.3. The molecule has 0 aliphatic rings. The van der Waals surface area contributed by atoms with Gasteiger partial charge in [0.1, 0.15) is 11.2 Å². The molecule has 0 N–H and O–H groups in total. The molecule has 5 aromatic heterocycles. The summed E-state index contributed by atoms with van der Waals surface area (Å²) in [5.41, 5.74) is 14.7. The maximum Gasteiger partial charge on any atom is 0.263 e. The summed E-state index contributed by atoms with van der Waals surface area (Å²) in [4.78, 5) is 14.4. The molecule has 10 aromatic carbocycles. The molecule has 0 saturated heterocycles. The number of aromatic nitrogens is 3. The van der Waals surface area contributed by atoms with Crippen LogP contribution in [0.1, 0.15) is 0 Å². The number of hydrogen-bond acceptors (Lipinski definition) is 2. The van der Waals surface area contributed by atoms with Gasteiger partial charge in [0.2, 0.25) is 0 Å². The second-order valence-corrected chi connectivity index (χ2v) is 17.6. The number of rotatable bonds is 4. The summed E-state index contributed by atoms with van der Waals surface area (Å²) in [6.07, 6.45) is 0. The third-order valence-corrected chi connectivity index (χ3v) is 14.1. The number of para-hydroxylation sites is 3. The first kappa shape index (κ1) is 35.5. The predicted molar refractivity (Wildman–Crippen MR) is 274 cm³/mol. The molecule has 0 aliphatic heterocycles. The van der Waals surface area contributed by atoms with Gasteiger partial charge in [0.25, 0.3) is 5.56 Å². The Bertz CT molecular complexity index is 4590. The first-order chi connectivity index (χ1) is 32.7. The zero-order chi connectivity index (χ0) is 43.2. The lowest BCUT2D eigenvalue weighted by Crippen LogP contribution is -2.12. The van der Waals surface area contributed by atoms with Crippen LogP contribution in [0.2, 0.25) is 0 Å². The van der Waals surface area contributed by atoms with Crippen molar-refractivity contribution in [2.75, 3.05) is 0 Å². The van der Waals surface area contributed by atoms with E-state index in [1.807, 2.05) is 28.7 Å². The molecule has 306 valence electrons. The van der Waals surface area contributed by atoms with E-state index in [9.17, 15) is 4.79 Å². The smallest absolute Gasteiger partial charge is 0.263 e. The quantitative estimate of drug-likeness (QED) is 0.166. The third kappa shape index (κ3) is 4.75. The summed E-state index contributed by atoms with van der Waals surface area (Å²) in [6, 6.07) is 75.5. The van der Waals surface area contributed by atoms with Crippen LogP contribution in [0.15, 0.2) is 222 Å². The van der Waals surface area contributed by atoms with Crippen molar-refractivity contribution in [3.63, 3.8) is 0 Å². The van der Waals surface area contributed by atoms with Crippen LogP contribution in [0, 0.1) is 0 Å². The predicted octanol–water partition coefficient (Wildman–Crippen LogP) is 15.6. The van der Waals surface area contributed by atoms with Crippen molar-refractivity contribution in [2.24, 2.45) is 0 Å². The van der Waals surface area contributed by atoms with E-state index in [-0.39, 0.29) is 5.56 Å². The van der Waals surface area contributed by atoms with Gasteiger partial charge < -0.3 is 13.6 Å². The molecule has 0 fully saturated rings. The number of nitrogens with zero attached hydrogens (tertiary/aromatic N) is 3. The largest absolute Gasteiger partial charge is 0.456 e. The molecule has 66 heavy (non-hydrogen) atoms. The van der Waals surface area contributed by atoms with Crippen LogP contribution in [-0.4, -0.2) is 13.5 Å². The molecule has 0 aliphatic carbocycles. The van der Waals surface area contributed by atoms with Gasteiger partial charge in [-0.25, -0.2) is 0 Å². The highest BCUT2D eigenvalue weighted by Crippen LogP contribution is 2.45. The first-order valence-electron chi connectivity index (χ1n) is 22.5. The van der Waals surface area contributed by atoms with Crippen molar-refractivity contribution in [3.05, 3.63) is 223 Å². The third-order valence-electron chi connectivity index (χ3n) is 14.1. The van der Waals surface area contributed by atoms with E-state index >= 15 is 0 Å². The Kier molecular flexibility index (Phi) is 7.03. The van der Waals surface area contributed by atoms with Gasteiger partial charge in [0, 0.05) is 65.2 Å². The van der Waals surface area contributed by atoms with Crippen LogP contribution in [0.25, 0.3) is 137 Å². The Morgan fingerprint density at radius 3 is 1.67 bits per heavy atom. The second kappa shape index (κ2) is 13.1. The average molecular weight is 842 g/mol. The molecule has 0 atom stereocenters.